The zero-order chi connectivity index (χ0) is 13.4. The van der Waals surface area contributed by atoms with Gasteiger partial charge >= 0.3 is 0 Å². The summed E-state index contributed by atoms with van der Waals surface area (Å²) in [7, 11) is 0. The van der Waals surface area contributed by atoms with Crippen LogP contribution in [0.25, 0.3) is 0 Å². The fourth-order valence-electron chi connectivity index (χ4n) is 2.71. The predicted molar refractivity (Wildman–Crippen MR) is 78.4 cm³/mol. The maximum atomic E-state index is 6.23. The van der Waals surface area contributed by atoms with Gasteiger partial charge in [0.2, 0.25) is 5.28 Å². The van der Waals surface area contributed by atoms with Crippen LogP contribution < -0.4 is 0 Å². The lowest BCUT2D eigenvalue weighted by Gasteiger charge is -2.29. The Morgan fingerprint density at radius 2 is 1.89 bits per heavy atom. The summed E-state index contributed by atoms with van der Waals surface area (Å²) >= 11 is 8.20. The average molecular weight is 288 g/mol. The molecule has 1 fully saturated rings. The van der Waals surface area contributed by atoms with Crippen molar-refractivity contribution in [1.82, 2.24) is 14.8 Å². The topological polar surface area (TPSA) is 30.7 Å². The number of thioether (sulfide) groups is 1. The minimum atomic E-state index is -0.0155. The number of hydrogen-bond acceptors (Lipinski definition) is 3. The van der Waals surface area contributed by atoms with Gasteiger partial charge in [-0.05, 0) is 30.7 Å². The van der Waals surface area contributed by atoms with Crippen molar-refractivity contribution < 1.29 is 0 Å². The van der Waals surface area contributed by atoms with Crippen molar-refractivity contribution >= 4 is 23.4 Å². The van der Waals surface area contributed by atoms with Crippen LogP contribution in [0.4, 0.5) is 0 Å². The largest absolute Gasteiger partial charge is 0.300 e. The number of halogens is 1. The van der Waals surface area contributed by atoms with Crippen LogP contribution in [0.5, 0.6) is 0 Å². The van der Waals surface area contributed by atoms with Crippen molar-refractivity contribution in [3.63, 3.8) is 0 Å². The van der Waals surface area contributed by atoms with E-state index in [2.05, 4.69) is 41.8 Å². The molecule has 0 bridgehead atoms. The SMILES string of the molecule is CSC1(Cn2c(Cl)nnc2C(C)(C)C)CCCC1. The summed E-state index contributed by atoms with van der Waals surface area (Å²) in [4.78, 5) is 0. The monoisotopic (exact) mass is 287 g/mol. The molecule has 0 radical (unpaired) electrons. The van der Waals surface area contributed by atoms with E-state index in [4.69, 9.17) is 11.6 Å². The minimum Gasteiger partial charge on any atom is -0.300 e. The Morgan fingerprint density at radius 3 is 2.39 bits per heavy atom. The summed E-state index contributed by atoms with van der Waals surface area (Å²) in [5.41, 5.74) is -0.0155. The molecule has 5 heteroatoms. The van der Waals surface area contributed by atoms with Crippen LogP contribution in [0.1, 0.15) is 52.3 Å². The quantitative estimate of drug-likeness (QED) is 0.845. The minimum absolute atomic E-state index is 0.0155. The summed E-state index contributed by atoms with van der Waals surface area (Å²) in [6, 6.07) is 0. The second-order valence-electron chi connectivity index (χ2n) is 6.22. The fourth-order valence-corrected chi connectivity index (χ4v) is 3.85. The van der Waals surface area contributed by atoms with Gasteiger partial charge in [-0.25, -0.2) is 0 Å². The summed E-state index contributed by atoms with van der Waals surface area (Å²) < 4.78 is 2.44. The van der Waals surface area contributed by atoms with E-state index < -0.39 is 0 Å². The van der Waals surface area contributed by atoms with Crippen molar-refractivity contribution in [2.75, 3.05) is 6.26 Å². The van der Waals surface area contributed by atoms with Crippen LogP contribution in [0.2, 0.25) is 5.28 Å². The zero-order valence-corrected chi connectivity index (χ0v) is 13.2. The average Bonchev–Trinajstić information content (AvgIpc) is 2.87. The van der Waals surface area contributed by atoms with E-state index in [1.54, 1.807) is 0 Å². The number of rotatable bonds is 3. The van der Waals surface area contributed by atoms with Crippen LogP contribution in [0.3, 0.4) is 0 Å². The van der Waals surface area contributed by atoms with Crippen LogP contribution >= 0.6 is 23.4 Å². The van der Waals surface area contributed by atoms with Crippen LogP contribution in [-0.4, -0.2) is 25.8 Å². The molecule has 0 spiro atoms. The molecule has 0 amide bonds. The number of aromatic nitrogens is 3. The predicted octanol–water partition coefficient (Wildman–Crippen LogP) is 3.90. The number of nitrogens with zero attached hydrogens (tertiary/aromatic N) is 3. The highest BCUT2D eigenvalue weighted by atomic mass is 35.5. The molecule has 3 nitrogen and oxygen atoms in total. The fraction of sp³-hybridized carbons (Fsp3) is 0.846. The molecule has 102 valence electrons. The van der Waals surface area contributed by atoms with Crippen LogP contribution in [0.15, 0.2) is 0 Å². The first kappa shape index (κ1) is 14.2. The summed E-state index contributed by atoms with van der Waals surface area (Å²) in [5, 5.41) is 8.85. The molecule has 1 aromatic rings. The third-order valence-corrected chi connectivity index (χ3v) is 5.45. The molecule has 0 atom stereocenters. The highest BCUT2D eigenvalue weighted by Crippen LogP contribution is 2.42. The van der Waals surface area contributed by atoms with Gasteiger partial charge in [0, 0.05) is 16.7 Å². The molecule has 0 unspecified atom stereocenters. The van der Waals surface area contributed by atoms with Crippen LogP contribution in [0, 0.1) is 0 Å². The van der Waals surface area contributed by atoms with Gasteiger partial charge in [-0.2, -0.15) is 11.8 Å². The molecule has 0 saturated heterocycles. The standard InChI is InChI=1S/C13H22ClN3S/c1-12(2,3)10-15-16-11(14)17(10)9-13(18-4)7-5-6-8-13/h5-9H2,1-4H3. The third kappa shape index (κ3) is 2.69. The molecule has 0 aliphatic heterocycles. The lowest BCUT2D eigenvalue weighted by molar-refractivity contribution is 0.446. The Labute approximate surface area is 119 Å². The normalized spacial score (nSPS) is 19.4. The van der Waals surface area contributed by atoms with Gasteiger partial charge in [0.15, 0.2) is 0 Å². The first-order chi connectivity index (χ1) is 8.38. The molecule has 1 aliphatic carbocycles. The molecule has 0 aromatic carbocycles. The highest BCUT2D eigenvalue weighted by molar-refractivity contribution is 8.00. The second kappa shape index (κ2) is 5.04. The van der Waals surface area contributed by atoms with Crippen LogP contribution in [-0.2, 0) is 12.0 Å². The first-order valence-electron chi connectivity index (χ1n) is 6.52. The van der Waals surface area contributed by atoms with Crippen molar-refractivity contribution in [3.8, 4) is 0 Å². The summed E-state index contributed by atoms with van der Waals surface area (Å²) in [5.74, 6) is 0.993. The van der Waals surface area contributed by atoms with Gasteiger partial charge < -0.3 is 0 Å². The molecule has 0 N–H and O–H groups in total. The third-order valence-electron chi connectivity index (χ3n) is 3.77. The van der Waals surface area contributed by atoms with E-state index in [1.165, 1.54) is 25.7 Å². The second-order valence-corrected chi connectivity index (χ2v) is 7.84. The van der Waals surface area contributed by atoms with E-state index in [0.717, 1.165) is 12.4 Å². The Hall–Kier alpha value is -0.220. The Morgan fingerprint density at radius 1 is 1.28 bits per heavy atom. The Bertz CT molecular complexity index is 416. The molecular weight excluding hydrogens is 266 g/mol. The van der Waals surface area contributed by atoms with Gasteiger partial charge in [-0.3, -0.25) is 4.57 Å². The molecule has 2 rings (SSSR count). The molecule has 18 heavy (non-hydrogen) atoms. The van der Waals surface area contributed by atoms with Crippen molar-refractivity contribution in [2.24, 2.45) is 0 Å². The summed E-state index contributed by atoms with van der Waals surface area (Å²) in [6.45, 7) is 7.41. The van der Waals surface area contributed by atoms with Crippen molar-refractivity contribution in [3.05, 3.63) is 11.1 Å². The first-order valence-corrected chi connectivity index (χ1v) is 8.13. The number of hydrogen-bond donors (Lipinski definition) is 0. The van der Waals surface area contributed by atoms with Gasteiger partial charge in [0.05, 0.1) is 0 Å². The van der Waals surface area contributed by atoms with Gasteiger partial charge in [0.25, 0.3) is 0 Å². The van der Waals surface area contributed by atoms with Gasteiger partial charge in [-0.1, -0.05) is 33.6 Å². The van der Waals surface area contributed by atoms with Crippen molar-refractivity contribution in [1.29, 1.82) is 0 Å². The maximum Gasteiger partial charge on any atom is 0.225 e. The lowest BCUT2D eigenvalue weighted by Crippen LogP contribution is -2.30. The van der Waals surface area contributed by atoms with E-state index >= 15 is 0 Å². The van der Waals surface area contributed by atoms with E-state index in [9.17, 15) is 0 Å². The maximum absolute atomic E-state index is 6.23. The molecule has 1 aliphatic rings. The highest BCUT2D eigenvalue weighted by Gasteiger charge is 2.36. The van der Waals surface area contributed by atoms with E-state index in [0.29, 0.717) is 10.0 Å². The van der Waals surface area contributed by atoms with Gasteiger partial charge in [0.1, 0.15) is 5.82 Å². The molecular formula is C13H22ClN3S. The van der Waals surface area contributed by atoms with Crippen molar-refractivity contribution in [2.45, 2.75) is 63.2 Å². The summed E-state index contributed by atoms with van der Waals surface area (Å²) in [6.07, 6.45) is 7.40. The molecule has 1 heterocycles. The molecule has 1 saturated carbocycles. The zero-order valence-electron chi connectivity index (χ0n) is 11.7. The Kier molecular flexibility index (Phi) is 3.98. The van der Waals surface area contributed by atoms with E-state index in [-0.39, 0.29) is 5.41 Å². The van der Waals surface area contributed by atoms with E-state index in [1.807, 2.05) is 11.8 Å². The smallest absolute Gasteiger partial charge is 0.225 e. The molecule has 1 aromatic heterocycles. The van der Waals surface area contributed by atoms with Gasteiger partial charge in [-0.15, -0.1) is 10.2 Å². The lowest BCUT2D eigenvalue weighted by atomic mass is 9.95. The Balaban J connectivity index is 2.31.